The van der Waals surface area contributed by atoms with Crippen molar-refractivity contribution in [2.45, 2.75) is 56.4 Å². The highest BCUT2D eigenvalue weighted by Crippen LogP contribution is 2.29. The number of benzene rings is 1. The second-order valence-corrected chi connectivity index (χ2v) is 12.3. The van der Waals surface area contributed by atoms with Gasteiger partial charge in [0.05, 0.1) is 17.4 Å². The van der Waals surface area contributed by atoms with E-state index in [0.29, 0.717) is 24.5 Å². The zero-order chi connectivity index (χ0) is 23.3. The van der Waals surface area contributed by atoms with Crippen LogP contribution in [-0.2, 0) is 21.2 Å². The van der Waals surface area contributed by atoms with Crippen molar-refractivity contribution in [2.75, 3.05) is 32.7 Å². The number of nitrogens with zero attached hydrogens (tertiary/aromatic N) is 2. The molecule has 1 aromatic heterocycles. The highest BCUT2D eigenvalue weighted by atomic mass is 32.2. The van der Waals surface area contributed by atoms with Crippen molar-refractivity contribution in [1.29, 1.82) is 0 Å². The third-order valence-corrected chi connectivity index (χ3v) is 9.75. The molecule has 2 aliphatic rings. The maximum Gasteiger partial charge on any atom is 0.243 e. The van der Waals surface area contributed by atoms with E-state index in [1.54, 1.807) is 39.9 Å². The molecule has 0 saturated carbocycles. The van der Waals surface area contributed by atoms with Gasteiger partial charge in [-0.05, 0) is 73.8 Å². The van der Waals surface area contributed by atoms with Crippen molar-refractivity contribution < 1.29 is 13.2 Å². The van der Waals surface area contributed by atoms with Gasteiger partial charge >= 0.3 is 0 Å². The third-order valence-electron chi connectivity index (χ3n) is 6.86. The zero-order valence-electron chi connectivity index (χ0n) is 19.4. The van der Waals surface area contributed by atoms with E-state index in [2.05, 4.69) is 34.7 Å². The smallest absolute Gasteiger partial charge is 0.243 e. The van der Waals surface area contributed by atoms with E-state index >= 15 is 0 Å². The number of sulfonamides is 1. The predicted molar refractivity (Wildman–Crippen MR) is 133 cm³/mol. The molecule has 0 aliphatic carbocycles. The van der Waals surface area contributed by atoms with Gasteiger partial charge in [-0.3, -0.25) is 9.69 Å². The van der Waals surface area contributed by atoms with Crippen LogP contribution in [0.4, 0.5) is 0 Å². The Morgan fingerprint density at radius 2 is 1.76 bits per heavy atom. The van der Waals surface area contributed by atoms with Crippen LogP contribution in [0.2, 0.25) is 0 Å². The molecule has 180 valence electrons. The van der Waals surface area contributed by atoms with Crippen LogP contribution in [0.25, 0.3) is 0 Å². The van der Waals surface area contributed by atoms with E-state index in [1.807, 2.05) is 0 Å². The molecule has 1 unspecified atom stereocenters. The van der Waals surface area contributed by atoms with E-state index < -0.39 is 10.0 Å². The molecule has 8 heteroatoms. The molecule has 0 bridgehead atoms. The summed E-state index contributed by atoms with van der Waals surface area (Å²) in [6.07, 6.45) is 5.56. The lowest BCUT2D eigenvalue weighted by Crippen LogP contribution is -2.41. The normalized spacial score (nSPS) is 19.9. The largest absolute Gasteiger partial charge is 0.354 e. The molecule has 1 N–H and O–H groups in total. The Balaban J connectivity index is 1.34. The first-order valence-electron chi connectivity index (χ1n) is 12.1. The van der Waals surface area contributed by atoms with Crippen LogP contribution < -0.4 is 5.32 Å². The number of hydrogen-bond acceptors (Lipinski definition) is 5. The molecule has 2 aromatic rings. The molecule has 0 radical (unpaired) electrons. The maximum absolute atomic E-state index is 12.8. The fourth-order valence-corrected chi connectivity index (χ4v) is 7.10. The maximum atomic E-state index is 12.8. The number of rotatable bonds is 8. The SMILES string of the molecule is CC1CCN(C(CNC(=O)Cc2ccc(S(=O)(=O)N3CCCCC3)cc2)c2cccs2)CC1. The van der Waals surface area contributed by atoms with Gasteiger partial charge in [-0.2, -0.15) is 4.31 Å². The van der Waals surface area contributed by atoms with Gasteiger partial charge in [0.15, 0.2) is 0 Å². The van der Waals surface area contributed by atoms with E-state index in [1.165, 1.54) is 17.7 Å². The summed E-state index contributed by atoms with van der Waals surface area (Å²) in [6.45, 7) is 6.21. The molecule has 6 nitrogen and oxygen atoms in total. The first-order chi connectivity index (χ1) is 15.9. The first kappa shape index (κ1) is 24.4. The van der Waals surface area contributed by atoms with Gasteiger partial charge < -0.3 is 5.32 Å². The number of carbonyl (C=O) groups excluding carboxylic acids is 1. The van der Waals surface area contributed by atoms with Crippen LogP contribution in [0, 0.1) is 5.92 Å². The van der Waals surface area contributed by atoms with E-state index in [9.17, 15) is 13.2 Å². The minimum atomic E-state index is -3.44. The second-order valence-electron chi connectivity index (χ2n) is 9.34. The summed E-state index contributed by atoms with van der Waals surface area (Å²) >= 11 is 1.74. The van der Waals surface area contributed by atoms with Crippen molar-refractivity contribution in [1.82, 2.24) is 14.5 Å². The number of carbonyl (C=O) groups is 1. The van der Waals surface area contributed by atoms with Crippen LogP contribution in [-0.4, -0.2) is 56.3 Å². The number of thiophene rings is 1. The molecular weight excluding hydrogens is 454 g/mol. The highest BCUT2D eigenvalue weighted by Gasteiger charge is 2.27. The van der Waals surface area contributed by atoms with Crippen molar-refractivity contribution in [3.8, 4) is 0 Å². The summed E-state index contributed by atoms with van der Waals surface area (Å²) in [6, 6.07) is 11.2. The number of hydrogen-bond donors (Lipinski definition) is 1. The molecule has 3 heterocycles. The summed E-state index contributed by atoms with van der Waals surface area (Å²) in [5.41, 5.74) is 0.824. The predicted octanol–water partition coefficient (Wildman–Crippen LogP) is 4.05. The number of nitrogens with one attached hydrogen (secondary N) is 1. The Kier molecular flexibility index (Phi) is 8.22. The summed E-state index contributed by atoms with van der Waals surface area (Å²) in [7, 11) is -3.44. The topological polar surface area (TPSA) is 69.7 Å². The van der Waals surface area contributed by atoms with Crippen molar-refractivity contribution >= 4 is 27.3 Å². The Morgan fingerprint density at radius 3 is 2.39 bits per heavy atom. The molecule has 1 amide bonds. The van der Waals surface area contributed by atoms with Gasteiger partial charge in [-0.1, -0.05) is 31.5 Å². The van der Waals surface area contributed by atoms with Gasteiger partial charge in [-0.25, -0.2) is 8.42 Å². The van der Waals surface area contributed by atoms with E-state index in [4.69, 9.17) is 0 Å². The monoisotopic (exact) mass is 489 g/mol. The fraction of sp³-hybridized carbons (Fsp3) is 0.560. The highest BCUT2D eigenvalue weighted by molar-refractivity contribution is 7.89. The molecule has 0 spiro atoms. The summed E-state index contributed by atoms with van der Waals surface area (Å²) in [4.78, 5) is 16.8. The third kappa shape index (κ3) is 6.23. The second kappa shape index (κ2) is 11.1. The molecular formula is C25H35N3O3S2. The molecule has 4 rings (SSSR count). The van der Waals surface area contributed by atoms with Crippen LogP contribution in [0.3, 0.4) is 0 Å². The average molecular weight is 490 g/mol. The number of likely N-dealkylation sites (tertiary alicyclic amines) is 1. The molecule has 33 heavy (non-hydrogen) atoms. The number of amides is 1. The van der Waals surface area contributed by atoms with Crippen LogP contribution >= 0.6 is 11.3 Å². The standard InChI is InChI=1S/C25H35N3O3S2/c1-20-11-15-27(16-12-20)23(24-6-5-17-32-24)19-26-25(29)18-21-7-9-22(10-8-21)33(30,31)28-13-3-2-4-14-28/h5-10,17,20,23H,2-4,11-16,18-19H2,1H3,(H,26,29). The quantitative estimate of drug-likeness (QED) is 0.607. The van der Waals surface area contributed by atoms with Crippen molar-refractivity contribution in [2.24, 2.45) is 5.92 Å². The zero-order valence-corrected chi connectivity index (χ0v) is 21.0. The van der Waals surface area contributed by atoms with Crippen LogP contribution in [0.1, 0.15) is 55.5 Å². The lowest BCUT2D eigenvalue weighted by molar-refractivity contribution is -0.120. The van der Waals surface area contributed by atoms with E-state index in [0.717, 1.165) is 43.8 Å². The molecule has 1 atom stereocenters. The summed E-state index contributed by atoms with van der Waals surface area (Å²) < 4.78 is 27.2. The molecule has 2 aliphatic heterocycles. The molecule has 2 saturated heterocycles. The van der Waals surface area contributed by atoms with Crippen molar-refractivity contribution in [3.63, 3.8) is 0 Å². The summed E-state index contributed by atoms with van der Waals surface area (Å²) in [5.74, 6) is 0.732. The van der Waals surface area contributed by atoms with Gasteiger partial charge in [0.2, 0.25) is 15.9 Å². The Morgan fingerprint density at radius 1 is 1.06 bits per heavy atom. The van der Waals surface area contributed by atoms with Gasteiger partial charge in [0, 0.05) is 24.5 Å². The van der Waals surface area contributed by atoms with Crippen molar-refractivity contribution in [3.05, 3.63) is 52.2 Å². The Labute approximate surface area is 202 Å². The lowest BCUT2D eigenvalue weighted by atomic mass is 9.97. The van der Waals surface area contributed by atoms with Crippen LogP contribution in [0.15, 0.2) is 46.7 Å². The fourth-order valence-electron chi connectivity index (χ4n) is 4.72. The Hall–Kier alpha value is -1.74. The first-order valence-corrected chi connectivity index (χ1v) is 14.4. The molecule has 1 aromatic carbocycles. The number of piperidine rings is 2. The Bertz CT molecular complexity index is 992. The minimum Gasteiger partial charge on any atom is -0.354 e. The van der Waals surface area contributed by atoms with Gasteiger partial charge in [0.25, 0.3) is 0 Å². The summed E-state index contributed by atoms with van der Waals surface area (Å²) in [5, 5.41) is 5.22. The minimum absolute atomic E-state index is 0.0337. The van der Waals surface area contributed by atoms with Gasteiger partial charge in [-0.15, -0.1) is 11.3 Å². The lowest BCUT2D eigenvalue weighted by Gasteiger charge is -2.36. The van der Waals surface area contributed by atoms with Gasteiger partial charge in [0.1, 0.15) is 0 Å². The average Bonchev–Trinajstić information content (AvgIpc) is 3.36. The van der Waals surface area contributed by atoms with E-state index in [-0.39, 0.29) is 18.4 Å². The molecule has 2 fully saturated rings. The van der Waals surface area contributed by atoms with Crippen LogP contribution in [0.5, 0.6) is 0 Å².